The first kappa shape index (κ1) is 18.0. The van der Waals surface area contributed by atoms with Gasteiger partial charge in [0.25, 0.3) is 5.56 Å². The number of aromatic amines is 1. The second-order valence-electron chi connectivity index (χ2n) is 6.01. The zero-order chi connectivity index (χ0) is 18.9. The van der Waals surface area contributed by atoms with Crippen LogP contribution in [0.2, 0.25) is 0 Å². The molecule has 1 N–H and O–H groups in total. The van der Waals surface area contributed by atoms with Crippen LogP contribution < -0.4 is 20.9 Å². The second kappa shape index (κ2) is 6.85. The summed E-state index contributed by atoms with van der Waals surface area (Å²) in [6, 6.07) is 5.09. The maximum atomic E-state index is 13.0. The van der Waals surface area contributed by atoms with Crippen molar-refractivity contribution in [3.8, 4) is 5.75 Å². The second-order valence-corrected chi connectivity index (χ2v) is 6.01. The Morgan fingerprint density at radius 1 is 1.19 bits per heavy atom. The maximum absolute atomic E-state index is 13.0. The van der Waals surface area contributed by atoms with Crippen LogP contribution in [0, 0.1) is 0 Å². The van der Waals surface area contributed by atoms with Crippen molar-refractivity contribution in [3.05, 3.63) is 50.7 Å². The number of ether oxygens (including phenoxy) is 1. The van der Waals surface area contributed by atoms with Crippen LogP contribution in [-0.4, -0.2) is 34.0 Å². The molecule has 0 bridgehead atoms. The molecule has 0 saturated carbocycles. The quantitative estimate of drug-likeness (QED) is 0.887. The van der Waals surface area contributed by atoms with Crippen molar-refractivity contribution in [2.75, 3.05) is 18.0 Å². The van der Waals surface area contributed by atoms with Crippen molar-refractivity contribution in [1.29, 1.82) is 0 Å². The van der Waals surface area contributed by atoms with E-state index in [4.69, 9.17) is 4.74 Å². The molecule has 140 valence electrons. The first-order valence-electron chi connectivity index (χ1n) is 8.01. The summed E-state index contributed by atoms with van der Waals surface area (Å²) >= 11 is 0. The Morgan fingerprint density at radius 3 is 2.50 bits per heavy atom. The van der Waals surface area contributed by atoms with Gasteiger partial charge in [0.05, 0.1) is 5.56 Å². The van der Waals surface area contributed by atoms with Gasteiger partial charge in [-0.25, -0.2) is 9.89 Å². The predicted molar refractivity (Wildman–Crippen MR) is 87.4 cm³/mol. The Bertz CT molecular complexity index is 899. The van der Waals surface area contributed by atoms with E-state index in [1.54, 1.807) is 4.90 Å². The van der Waals surface area contributed by atoms with E-state index in [1.807, 2.05) is 0 Å². The molecule has 1 aromatic carbocycles. The summed E-state index contributed by atoms with van der Waals surface area (Å²) in [6.45, 7) is 0.764. The Morgan fingerprint density at radius 2 is 1.85 bits per heavy atom. The van der Waals surface area contributed by atoms with Crippen molar-refractivity contribution in [1.82, 2.24) is 14.8 Å². The Kier molecular flexibility index (Phi) is 4.75. The number of aromatic nitrogens is 3. The number of alkyl halides is 3. The highest BCUT2D eigenvalue weighted by atomic mass is 19.4. The first-order chi connectivity index (χ1) is 12.3. The minimum atomic E-state index is -4.48. The smallest absolute Gasteiger partial charge is 0.419 e. The summed E-state index contributed by atoms with van der Waals surface area (Å²) in [6.07, 6.45) is -4.03. The highest BCUT2D eigenvalue weighted by Crippen LogP contribution is 2.37. The molecule has 2 aromatic rings. The van der Waals surface area contributed by atoms with Gasteiger partial charge < -0.3 is 9.64 Å². The molecule has 1 aliphatic heterocycles. The lowest BCUT2D eigenvalue weighted by molar-refractivity contribution is -0.139. The van der Waals surface area contributed by atoms with Crippen LogP contribution in [0.4, 0.5) is 19.0 Å². The molecule has 7 nitrogen and oxygen atoms in total. The van der Waals surface area contributed by atoms with E-state index in [1.165, 1.54) is 25.2 Å². The van der Waals surface area contributed by atoms with Gasteiger partial charge in [0.2, 0.25) is 5.82 Å². The molecule has 0 aliphatic carbocycles. The fourth-order valence-electron chi connectivity index (χ4n) is 2.84. The van der Waals surface area contributed by atoms with E-state index in [-0.39, 0.29) is 11.6 Å². The number of anilines is 1. The molecule has 10 heteroatoms. The normalized spacial score (nSPS) is 15.9. The lowest BCUT2D eigenvalue weighted by atomic mass is 10.1. The summed E-state index contributed by atoms with van der Waals surface area (Å²) in [4.78, 5) is 25.1. The molecule has 0 spiro atoms. The third-order valence-electron chi connectivity index (χ3n) is 4.29. The van der Waals surface area contributed by atoms with Gasteiger partial charge in [-0.3, -0.25) is 9.36 Å². The van der Waals surface area contributed by atoms with Gasteiger partial charge >= 0.3 is 11.9 Å². The zero-order valence-electron chi connectivity index (χ0n) is 13.9. The fraction of sp³-hybridized carbons (Fsp3) is 0.438. The van der Waals surface area contributed by atoms with Crippen LogP contribution in [-0.2, 0) is 13.2 Å². The molecule has 0 atom stereocenters. The van der Waals surface area contributed by atoms with Gasteiger partial charge in [-0.1, -0.05) is 12.1 Å². The van der Waals surface area contributed by atoms with E-state index < -0.39 is 29.1 Å². The lowest BCUT2D eigenvalue weighted by Gasteiger charge is -2.32. The molecule has 3 rings (SSSR count). The predicted octanol–water partition coefficient (Wildman–Crippen LogP) is 1.54. The Labute approximate surface area is 146 Å². The maximum Gasteiger partial charge on any atom is 0.419 e. The largest absolute Gasteiger partial charge is 0.490 e. The van der Waals surface area contributed by atoms with E-state index in [2.05, 4.69) is 10.2 Å². The molecular weight excluding hydrogens is 353 g/mol. The average Bonchev–Trinajstić information content (AvgIpc) is 2.60. The summed E-state index contributed by atoms with van der Waals surface area (Å²) in [5.41, 5.74) is -1.94. The minimum Gasteiger partial charge on any atom is -0.490 e. The molecule has 1 saturated heterocycles. The molecule has 1 aliphatic rings. The highest BCUT2D eigenvalue weighted by Gasteiger charge is 2.35. The van der Waals surface area contributed by atoms with Crippen LogP contribution >= 0.6 is 0 Å². The lowest BCUT2D eigenvalue weighted by Crippen LogP contribution is -2.44. The van der Waals surface area contributed by atoms with E-state index in [0.29, 0.717) is 25.9 Å². The molecule has 0 amide bonds. The van der Waals surface area contributed by atoms with Gasteiger partial charge in [-0.2, -0.15) is 13.2 Å². The standard InChI is InChI=1S/C16H17F3N4O3/c1-22-14(24)13(20-21-15(22)25)23-8-6-10(7-9-23)26-12-5-3-2-4-11(12)16(17,18)19/h2-5,10H,6-9H2,1H3,(H,21,25). The summed E-state index contributed by atoms with van der Waals surface area (Å²) in [7, 11) is 1.34. The molecule has 2 heterocycles. The number of para-hydroxylation sites is 1. The molecular formula is C16H17F3N4O3. The number of hydrogen-bond donors (Lipinski definition) is 1. The van der Waals surface area contributed by atoms with Crippen molar-refractivity contribution in [2.45, 2.75) is 25.1 Å². The first-order valence-corrected chi connectivity index (χ1v) is 8.01. The molecule has 1 aromatic heterocycles. The molecule has 0 radical (unpaired) electrons. The Balaban J connectivity index is 1.70. The van der Waals surface area contributed by atoms with E-state index in [9.17, 15) is 22.8 Å². The number of nitrogens with zero attached hydrogens (tertiary/aromatic N) is 3. The average molecular weight is 370 g/mol. The summed E-state index contributed by atoms with van der Waals surface area (Å²) in [5.74, 6) is -0.0854. The van der Waals surface area contributed by atoms with Crippen molar-refractivity contribution < 1.29 is 17.9 Å². The van der Waals surface area contributed by atoms with Crippen molar-refractivity contribution in [2.24, 2.45) is 7.05 Å². The van der Waals surface area contributed by atoms with Crippen LogP contribution in [0.5, 0.6) is 5.75 Å². The van der Waals surface area contributed by atoms with E-state index in [0.717, 1.165) is 10.6 Å². The van der Waals surface area contributed by atoms with Crippen molar-refractivity contribution in [3.63, 3.8) is 0 Å². The van der Waals surface area contributed by atoms with Gasteiger partial charge in [0.15, 0.2) is 0 Å². The topological polar surface area (TPSA) is 80.2 Å². The third kappa shape index (κ3) is 3.58. The highest BCUT2D eigenvalue weighted by molar-refractivity contribution is 5.37. The van der Waals surface area contributed by atoms with Crippen LogP contribution in [0.1, 0.15) is 18.4 Å². The summed E-state index contributed by atoms with van der Waals surface area (Å²) in [5, 5.41) is 6.02. The number of nitrogens with one attached hydrogen (secondary N) is 1. The fourth-order valence-corrected chi connectivity index (χ4v) is 2.84. The number of piperidine rings is 1. The third-order valence-corrected chi connectivity index (χ3v) is 4.29. The van der Waals surface area contributed by atoms with Gasteiger partial charge in [-0.05, 0) is 12.1 Å². The van der Waals surface area contributed by atoms with Gasteiger partial charge in [-0.15, -0.1) is 5.10 Å². The van der Waals surface area contributed by atoms with Crippen LogP contribution in [0.15, 0.2) is 33.9 Å². The number of hydrogen-bond acceptors (Lipinski definition) is 5. The minimum absolute atomic E-state index is 0.112. The summed E-state index contributed by atoms with van der Waals surface area (Å²) < 4.78 is 45.6. The number of benzene rings is 1. The molecule has 0 unspecified atom stereocenters. The van der Waals surface area contributed by atoms with Crippen molar-refractivity contribution >= 4 is 5.82 Å². The monoisotopic (exact) mass is 370 g/mol. The van der Waals surface area contributed by atoms with Crippen LogP contribution in [0.3, 0.4) is 0 Å². The van der Waals surface area contributed by atoms with Gasteiger partial charge in [0, 0.05) is 33.0 Å². The van der Waals surface area contributed by atoms with Gasteiger partial charge in [0.1, 0.15) is 11.9 Å². The van der Waals surface area contributed by atoms with E-state index >= 15 is 0 Å². The number of rotatable bonds is 3. The Hall–Kier alpha value is -2.78. The SMILES string of the molecule is Cn1c(=O)[nH]nc(N2CCC(Oc3ccccc3C(F)(F)F)CC2)c1=O. The number of halogens is 3. The molecule has 26 heavy (non-hydrogen) atoms. The molecule has 1 fully saturated rings. The zero-order valence-corrected chi connectivity index (χ0v) is 13.9. The van der Waals surface area contributed by atoms with Crippen LogP contribution in [0.25, 0.3) is 0 Å². The number of H-pyrrole nitrogens is 1.